The average Bonchev–Trinajstić information content (AvgIpc) is 3.60. The number of carbonyl (C=O) groups excluding carboxylic acids is 3. The van der Waals surface area contributed by atoms with Gasteiger partial charge in [0, 0.05) is 52.6 Å². The molecule has 0 radical (unpaired) electrons. The summed E-state index contributed by atoms with van der Waals surface area (Å²) in [4.78, 5) is 45.0. The molecule has 3 aromatic rings. The van der Waals surface area contributed by atoms with Crippen molar-refractivity contribution < 1.29 is 52.6 Å². The monoisotopic (exact) mass is 971 g/mol. The molecule has 3 aromatic carbocycles. The molecule has 2 unspecified atom stereocenters. The van der Waals surface area contributed by atoms with Gasteiger partial charge >= 0.3 is 18.0 Å². The van der Waals surface area contributed by atoms with E-state index in [1.165, 1.54) is 0 Å². The van der Waals surface area contributed by atoms with Crippen molar-refractivity contribution in [2.24, 2.45) is 17.6 Å². The molecule has 3 heterocycles. The number of cyclic esters (lactones) is 2. The molecule has 384 valence electrons. The number of nitrogens with two attached hydrogens (primary N) is 1. The lowest BCUT2D eigenvalue weighted by atomic mass is 9.80. The highest BCUT2D eigenvalue weighted by Gasteiger charge is 2.54. The van der Waals surface area contributed by atoms with E-state index in [2.05, 4.69) is 41.4 Å². The number of amides is 1. The molecular formula is C55H78N4O11. The summed E-state index contributed by atoms with van der Waals surface area (Å²) in [5.74, 6) is -2.59. The molecular weight excluding hydrogens is 893 g/mol. The van der Waals surface area contributed by atoms with Crippen LogP contribution < -0.4 is 11.1 Å². The van der Waals surface area contributed by atoms with E-state index in [0.29, 0.717) is 68.9 Å². The minimum absolute atomic E-state index is 0.0727. The summed E-state index contributed by atoms with van der Waals surface area (Å²) in [5.41, 5.74) is 6.46. The second kappa shape index (κ2) is 24.0. The third-order valence-corrected chi connectivity index (χ3v) is 14.1. The van der Waals surface area contributed by atoms with E-state index in [1.54, 1.807) is 64.0 Å². The van der Waals surface area contributed by atoms with Crippen molar-refractivity contribution in [1.29, 1.82) is 0 Å². The smallest absolute Gasteiger partial charge is 0.410 e. The first-order chi connectivity index (χ1) is 33.3. The number of benzene rings is 3. The molecule has 0 saturated carbocycles. The maximum atomic E-state index is 14.3. The van der Waals surface area contributed by atoms with Crippen molar-refractivity contribution in [2.45, 2.75) is 161 Å². The lowest BCUT2D eigenvalue weighted by Crippen LogP contribution is -2.60. The van der Waals surface area contributed by atoms with Crippen LogP contribution in [0.4, 0.5) is 4.79 Å². The Bertz CT molecular complexity index is 2160. The minimum atomic E-state index is -1.27. The summed E-state index contributed by atoms with van der Waals surface area (Å²) < 4.78 is 45.4. The van der Waals surface area contributed by atoms with Crippen LogP contribution in [0.5, 0.6) is 0 Å². The molecule has 0 bridgehead atoms. The Balaban J connectivity index is 1.37. The first kappa shape index (κ1) is 54.5. The van der Waals surface area contributed by atoms with E-state index in [1.807, 2.05) is 70.2 Å². The maximum absolute atomic E-state index is 14.3. The normalized spacial score (nSPS) is 26.1. The van der Waals surface area contributed by atoms with Gasteiger partial charge in [-0.05, 0) is 103 Å². The standard InChI is InChI=1S/C55H78N4O11/c1-36(32-57-40(5)47-55(9,35-60)70-52(63)59(47)29-21-20-28-56)31-54(8,64-10)48(38(3)45-39(4)49(61)69-53(6,7)68-45)67-51-46(66-50(62)43-26-18-13-19-27-43)44(30-37(2)65-51)58(33-41-22-14-11-15-23-41)34-42-24-16-12-17-25-42/h11-19,22-27,36-38,40,44,46-48,51,57,60H,20-21,28-35,56H2,1-10H3/t36-,37-,38+,40-,44?,46?,47-,48-,51+,54-,55-/m1/s1. The van der Waals surface area contributed by atoms with E-state index >= 15 is 0 Å². The molecule has 15 nitrogen and oxygen atoms in total. The van der Waals surface area contributed by atoms with Crippen LogP contribution in [0.1, 0.15) is 109 Å². The van der Waals surface area contributed by atoms with Crippen molar-refractivity contribution in [2.75, 3.05) is 33.4 Å². The quantitative estimate of drug-likeness (QED) is 0.0451. The lowest BCUT2D eigenvalue weighted by molar-refractivity contribution is -0.300. The summed E-state index contributed by atoms with van der Waals surface area (Å²) in [6.07, 6.45) is -1.30. The molecule has 11 atom stereocenters. The van der Waals surface area contributed by atoms with Crippen LogP contribution in [0.15, 0.2) is 102 Å². The summed E-state index contributed by atoms with van der Waals surface area (Å²) in [5, 5.41) is 14.1. The zero-order chi connectivity index (χ0) is 50.8. The predicted molar refractivity (Wildman–Crippen MR) is 266 cm³/mol. The number of esters is 2. The molecule has 6 rings (SSSR count). The average molecular weight is 971 g/mol. The molecule has 2 fully saturated rings. The van der Waals surface area contributed by atoms with E-state index in [0.717, 1.165) is 17.5 Å². The Morgan fingerprint density at radius 2 is 1.53 bits per heavy atom. The van der Waals surface area contributed by atoms with E-state index in [4.69, 9.17) is 38.9 Å². The van der Waals surface area contributed by atoms with Gasteiger partial charge in [-0.3, -0.25) is 9.80 Å². The largest absolute Gasteiger partial charge is 0.456 e. The summed E-state index contributed by atoms with van der Waals surface area (Å²) in [6, 6.07) is 28.3. The number of hydrogen-bond acceptors (Lipinski definition) is 14. The van der Waals surface area contributed by atoms with E-state index in [9.17, 15) is 19.5 Å². The van der Waals surface area contributed by atoms with Crippen LogP contribution in [0.3, 0.4) is 0 Å². The van der Waals surface area contributed by atoms with Gasteiger partial charge in [0.05, 0.1) is 47.6 Å². The SMILES string of the molecule is CO[C@](C)(C[C@@H](C)CN[C@H](C)[C@H]1N(CCCCN)C(=O)O[C@]1(C)CO)[C@H](O[C@@H]1O[C@H](C)CC(N(Cc2ccccc2)Cc2ccccc2)C1OC(=O)c1ccccc1)[C@@H](C)C1=C(C)C(=O)OC(C)(C)O1. The number of aliphatic hydroxyl groups excluding tert-OH is 1. The molecule has 0 aromatic heterocycles. The Morgan fingerprint density at radius 3 is 2.10 bits per heavy atom. The Kier molecular flexibility index (Phi) is 18.7. The fourth-order valence-corrected chi connectivity index (χ4v) is 10.5. The number of nitrogens with one attached hydrogen (secondary N) is 1. The highest BCUT2D eigenvalue weighted by atomic mass is 16.7. The van der Waals surface area contributed by atoms with Gasteiger partial charge in [-0.2, -0.15) is 0 Å². The number of aliphatic hydroxyl groups is 1. The number of carbonyl (C=O) groups is 3. The van der Waals surface area contributed by atoms with Crippen LogP contribution in [-0.2, 0) is 51.0 Å². The molecule has 0 aliphatic carbocycles. The van der Waals surface area contributed by atoms with Crippen molar-refractivity contribution >= 4 is 18.0 Å². The second-order valence-corrected chi connectivity index (χ2v) is 20.5. The Labute approximate surface area is 415 Å². The summed E-state index contributed by atoms with van der Waals surface area (Å²) >= 11 is 0. The van der Waals surface area contributed by atoms with Gasteiger partial charge in [0.2, 0.25) is 5.79 Å². The van der Waals surface area contributed by atoms with Crippen LogP contribution in [0, 0.1) is 11.8 Å². The predicted octanol–water partition coefficient (Wildman–Crippen LogP) is 7.74. The fraction of sp³-hybridized carbons (Fsp3) is 0.582. The molecule has 15 heteroatoms. The highest BCUT2D eigenvalue weighted by Crippen LogP contribution is 2.42. The number of hydrogen-bond donors (Lipinski definition) is 3. The maximum Gasteiger partial charge on any atom is 0.410 e. The minimum Gasteiger partial charge on any atom is -0.456 e. The second-order valence-electron chi connectivity index (χ2n) is 20.5. The molecule has 0 spiro atoms. The van der Waals surface area contributed by atoms with Gasteiger partial charge in [0.25, 0.3) is 0 Å². The van der Waals surface area contributed by atoms with Crippen LogP contribution in [0.2, 0.25) is 0 Å². The highest BCUT2D eigenvalue weighted by molar-refractivity contribution is 5.90. The number of ether oxygens (including phenoxy) is 7. The van der Waals surface area contributed by atoms with Gasteiger partial charge in [-0.25, -0.2) is 14.4 Å². The van der Waals surface area contributed by atoms with Gasteiger partial charge in [0.15, 0.2) is 18.0 Å². The Hall–Kier alpha value is -4.87. The van der Waals surface area contributed by atoms with Crippen molar-refractivity contribution in [3.05, 3.63) is 119 Å². The molecule has 1 amide bonds. The number of unbranched alkanes of at least 4 members (excludes halogenated alkanes) is 1. The topological polar surface area (TPSA) is 181 Å². The first-order valence-electron chi connectivity index (χ1n) is 24.9. The number of nitrogens with zero attached hydrogens (tertiary/aromatic N) is 2. The van der Waals surface area contributed by atoms with Crippen LogP contribution >= 0.6 is 0 Å². The van der Waals surface area contributed by atoms with Gasteiger partial charge in [0.1, 0.15) is 5.76 Å². The fourth-order valence-electron chi connectivity index (χ4n) is 10.5. The van der Waals surface area contributed by atoms with Gasteiger partial charge < -0.3 is 49.3 Å². The van der Waals surface area contributed by atoms with E-state index < -0.39 is 65.5 Å². The third-order valence-electron chi connectivity index (χ3n) is 14.1. The van der Waals surface area contributed by atoms with Crippen molar-refractivity contribution in [3.8, 4) is 0 Å². The number of rotatable bonds is 24. The van der Waals surface area contributed by atoms with Crippen LogP contribution in [0.25, 0.3) is 0 Å². The molecule has 3 aliphatic rings. The summed E-state index contributed by atoms with van der Waals surface area (Å²) in [6.45, 7) is 19.1. The lowest BCUT2D eigenvalue weighted by Gasteiger charge is -2.49. The number of methoxy groups -OCH3 is 1. The molecule has 3 aliphatic heterocycles. The van der Waals surface area contributed by atoms with Crippen molar-refractivity contribution in [1.82, 2.24) is 15.1 Å². The molecule has 2 saturated heterocycles. The van der Waals surface area contributed by atoms with Gasteiger partial charge in [-0.1, -0.05) is 92.7 Å². The molecule has 4 N–H and O–H groups in total. The van der Waals surface area contributed by atoms with E-state index in [-0.39, 0.29) is 30.7 Å². The molecule has 70 heavy (non-hydrogen) atoms. The summed E-state index contributed by atoms with van der Waals surface area (Å²) in [7, 11) is 1.64. The zero-order valence-corrected chi connectivity index (χ0v) is 42.9. The van der Waals surface area contributed by atoms with Gasteiger partial charge in [-0.15, -0.1) is 0 Å². The van der Waals surface area contributed by atoms with Crippen LogP contribution in [-0.4, -0.2) is 126 Å². The first-order valence-corrected chi connectivity index (χ1v) is 24.9. The van der Waals surface area contributed by atoms with Crippen molar-refractivity contribution in [3.63, 3.8) is 0 Å². The third kappa shape index (κ3) is 13.3. The Morgan fingerprint density at radius 1 is 0.929 bits per heavy atom. The zero-order valence-electron chi connectivity index (χ0n) is 42.9.